The van der Waals surface area contributed by atoms with Crippen molar-refractivity contribution in [2.75, 3.05) is 6.61 Å². The first-order valence-corrected chi connectivity index (χ1v) is 5.12. The highest BCUT2D eigenvalue weighted by Gasteiger charge is 2.23. The highest BCUT2D eigenvalue weighted by atomic mass is 16.5. The van der Waals surface area contributed by atoms with E-state index in [1.165, 1.54) is 0 Å². The van der Waals surface area contributed by atoms with Crippen molar-refractivity contribution in [2.45, 2.75) is 12.8 Å². The Hall–Kier alpha value is -2.42. The van der Waals surface area contributed by atoms with Crippen LogP contribution in [0.2, 0.25) is 0 Å². The minimum Gasteiger partial charge on any atom is -0.465 e. The highest BCUT2D eigenvalue weighted by Crippen LogP contribution is 2.15. The standard InChI is InChI=1S/C11H10N4O2/c1-2-17-11(16)8(7-12)9-4-6-15-10(14-9)3-5-13-15/h3-6,8H,2H2,1H3. The van der Waals surface area contributed by atoms with E-state index in [4.69, 9.17) is 10.00 Å². The second kappa shape index (κ2) is 4.61. The number of hydrogen-bond acceptors (Lipinski definition) is 5. The summed E-state index contributed by atoms with van der Waals surface area (Å²) < 4.78 is 6.38. The Labute approximate surface area is 97.4 Å². The van der Waals surface area contributed by atoms with Gasteiger partial charge in [0.05, 0.1) is 24.6 Å². The largest absolute Gasteiger partial charge is 0.465 e. The van der Waals surface area contributed by atoms with E-state index >= 15 is 0 Å². The lowest BCUT2D eigenvalue weighted by atomic mass is 10.1. The maximum Gasteiger partial charge on any atom is 0.329 e. The molecule has 0 saturated heterocycles. The summed E-state index contributed by atoms with van der Waals surface area (Å²) in [7, 11) is 0. The van der Waals surface area contributed by atoms with Crippen molar-refractivity contribution in [3.8, 4) is 6.07 Å². The molecule has 2 rings (SSSR count). The summed E-state index contributed by atoms with van der Waals surface area (Å²) in [5.41, 5.74) is 0.964. The van der Waals surface area contributed by atoms with E-state index < -0.39 is 11.9 Å². The van der Waals surface area contributed by atoms with Crippen LogP contribution in [0, 0.1) is 11.3 Å². The van der Waals surface area contributed by atoms with Gasteiger partial charge in [-0.05, 0) is 13.0 Å². The quantitative estimate of drug-likeness (QED) is 0.732. The van der Waals surface area contributed by atoms with Crippen LogP contribution in [0.3, 0.4) is 0 Å². The summed E-state index contributed by atoms with van der Waals surface area (Å²) in [4.78, 5) is 15.7. The zero-order valence-corrected chi connectivity index (χ0v) is 9.20. The monoisotopic (exact) mass is 230 g/mol. The second-order valence-electron chi connectivity index (χ2n) is 3.30. The molecule has 0 bridgehead atoms. The number of hydrogen-bond donors (Lipinski definition) is 0. The molecular weight excluding hydrogens is 220 g/mol. The number of nitrogens with zero attached hydrogens (tertiary/aromatic N) is 4. The van der Waals surface area contributed by atoms with E-state index in [1.54, 1.807) is 36.0 Å². The number of ether oxygens (including phenoxy) is 1. The molecular formula is C11H10N4O2. The number of fused-ring (bicyclic) bond motifs is 1. The Morgan fingerprint density at radius 1 is 1.65 bits per heavy atom. The Morgan fingerprint density at radius 3 is 3.18 bits per heavy atom. The van der Waals surface area contributed by atoms with Crippen LogP contribution in [0.4, 0.5) is 0 Å². The lowest BCUT2D eigenvalue weighted by Crippen LogP contribution is -2.16. The van der Waals surface area contributed by atoms with Crippen molar-refractivity contribution < 1.29 is 9.53 Å². The predicted octanol–water partition coefficient (Wildman–Crippen LogP) is 0.900. The summed E-state index contributed by atoms with van der Waals surface area (Å²) in [5.74, 6) is -1.57. The molecule has 0 saturated carbocycles. The minimum atomic E-state index is -0.991. The SMILES string of the molecule is CCOC(=O)C(C#N)c1ccn2nccc2n1. The summed E-state index contributed by atoms with van der Waals surface area (Å²) >= 11 is 0. The third-order valence-corrected chi connectivity index (χ3v) is 2.23. The number of carbonyl (C=O) groups is 1. The van der Waals surface area contributed by atoms with Crippen LogP contribution in [0.5, 0.6) is 0 Å². The number of carbonyl (C=O) groups excluding carboxylic acids is 1. The van der Waals surface area contributed by atoms with Gasteiger partial charge < -0.3 is 4.74 Å². The van der Waals surface area contributed by atoms with Crippen LogP contribution in [0.15, 0.2) is 24.5 Å². The Morgan fingerprint density at radius 2 is 2.47 bits per heavy atom. The lowest BCUT2D eigenvalue weighted by molar-refractivity contribution is -0.143. The molecule has 1 atom stereocenters. The number of aromatic nitrogens is 3. The topological polar surface area (TPSA) is 80.3 Å². The van der Waals surface area contributed by atoms with Crippen molar-refractivity contribution in [1.82, 2.24) is 14.6 Å². The third kappa shape index (κ3) is 2.08. The fraction of sp³-hybridized carbons (Fsp3) is 0.273. The summed E-state index contributed by atoms with van der Waals surface area (Å²) in [6.07, 6.45) is 3.25. The fourth-order valence-corrected chi connectivity index (χ4v) is 1.45. The fourth-order valence-electron chi connectivity index (χ4n) is 1.45. The average Bonchev–Trinajstić information content (AvgIpc) is 2.77. The summed E-state index contributed by atoms with van der Waals surface area (Å²) in [6.45, 7) is 1.94. The molecule has 0 aliphatic heterocycles. The van der Waals surface area contributed by atoms with Gasteiger partial charge in [-0.3, -0.25) is 4.79 Å². The molecule has 1 unspecified atom stereocenters. The molecule has 0 N–H and O–H groups in total. The molecule has 0 aromatic carbocycles. The van der Waals surface area contributed by atoms with Gasteiger partial charge in [0.1, 0.15) is 0 Å². The van der Waals surface area contributed by atoms with Gasteiger partial charge in [0.15, 0.2) is 11.6 Å². The van der Waals surface area contributed by atoms with Gasteiger partial charge in [0, 0.05) is 12.3 Å². The summed E-state index contributed by atoms with van der Waals surface area (Å²) in [5, 5.41) is 13.0. The molecule has 0 aliphatic carbocycles. The Kier molecular flexibility index (Phi) is 3.01. The van der Waals surface area contributed by atoms with E-state index in [0.29, 0.717) is 11.3 Å². The summed E-state index contributed by atoms with van der Waals surface area (Å²) in [6, 6.07) is 5.18. The van der Waals surface area contributed by atoms with E-state index in [9.17, 15) is 4.79 Å². The molecule has 6 heteroatoms. The molecule has 0 aliphatic rings. The van der Waals surface area contributed by atoms with Crippen molar-refractivity contribution in [3.63, 3.8) is 0 Å². The van der Waals surface area contributed by atoms with Crippen LogP contribution in [0.1, 0.15) is 18.5 Å². The van der Waals surface area contributed by atoms with Crippen LogP contribution >= 0.6 is 0 Å². The molecule has 2 aromatic rings. The maximum absolute atomic E-state index is 11.5. The molecule has 0 amide bonds. The first-order valence-electron chi connectivity index (χ1n) is 5.12. The zero-order chi connectivity index (χ0) is 12.3. The molecule has 2 aromatic heterocycles. The Balaban J connectivity index is 2.36. The average molecular weight is 230 g/mol. The zero-order valence-electron chi connectivity index (χ0n) is 9.20. The van der Waals surface area contributed by atoms with Gasteiger partial charge >= 0.3 is 5.97 Å². The van der Waals surface area contributed by atoms with Crippen molar-refractivity contribution in [2.24, 2.45) is 0 Å². The number of esters is 1. The van der Waals surface area contributed by atoms with Crippen LogP contribution in [0.25, 0.3) is 5.65 Å². The minimum absolute atomic E-state index is 0.242. The van der Waals surface area contributed by atoms with Gasteiger partial charge in [-0.2, -0.15) is 10.4 Å². The molecule has 0 radical (unpaired) electrons. The number of nitriles is 1. The maximum atomic E-state index is 11.5. The van der Waals surface area contributed by atoms with Crippen LogP contribution < -0.4 is 0 Å². The number of rotatable bonds is 3. The molecule has 6 nitrogen and oxygen atoms in total. The van der Waals surface area contributed by atoms with Crippen molar-refractivity contribution >= 4 is 11.6 Å². The van der Waals surface area contributed by atoms with E-state index in [-0.39, 0.29) is 6.61 Å². The Bertz CT molecular complexity index is 584. The molecule has 17 heavy (non-hydrogen) atoms. The van der Waals surface area contributed by atoms with Gasteiger partial charge in [0.2, 0.25) is 0 Å². The van der Waals surface area contributed by atoms with Crippen molar-refractivity contribution in [3.05, 3.63) is 30.2 Å². The highest BCUT2D eigenvalue weighted by molar-refractivity contribution is 5.80. The van der Waals surface area contributed by atoms with Gasteiger partial charge in [-0.15, -0.1) is 0 Å². The van der Waals surface area contributed by atoms with Gasteiger partial charge in [-0.25, -0.2) is 9.50 Å². The molecule has 0 spiro atoms. The van der Waals surface area contributed by atoms with E-state index in [2.05, 4.69) is 10.1 Å². The first kappa shape index (κ1) is 11.1. The first-order chi connectivity index (χ1) is 8.26. The second-order valence-corrected chi connectivity index (χ2v) is 3.30. The molecule has 86 valence electrons. The van der Waals surface area contributed by atoms with Crippen LogP contribution in [-0.4, -0.2) is 27.2 Å². The predicted molar refractivity (Wildman–Crippen MR) is 58.0 cm³/mol. The normalized spacial score (nSPS) is 12.0. The van der Waals surface area contributed by atoms with Crippen LogP contribution in [-0.2, 0) is 9.53 Å². The molecule has 2 heterocycles. The van der Waals surface area contributed by atoms with Gasteiger partial charge in [-0.1, -0.05) is 0 Å². The van der Waals surface area contributed by atoms with E-state index in [1.807, 2.05) is 6.07 Å². The van der Waals surface area contributed by atoms with Gasteiger partial charge in [0.25, 0.3) is 0 Å². The van der Waals surface area contributed by atoms with E-state index in [0.717, 1.165) is 0 Å². The third-order valence-electron chi connectivity index (χ3n) is 2.23. The lowest BCUT2D eigenvalue weighted by Gasteiger charge is -2.07. The smallest absolute Gasteiger partial charge is 0.329 e. The molecule has 0 fully saturated rings. The van der Waals surface area contributed by atoms with Crippen molar-refractivity contribution in [1.29, 1.82) is 5.26 Å².